The normalized spacial score (nSPS) is 12.7. The third kappa shape index (κ3) is 5.74. The summed E-state index contributed by atoms with van der Waals surface area (Å²) in [5, 5.41) is 4.04. The molecule has 24 heavy (non-hydrogen) atoms. The molecule has 0 aliphatic heterocycles. The number of esters is 1. The zero-order chi connectivity index (χ0) is 17.2. The van der Waals surface area contributed by atoms with Crippen molar-refractivity contribution in [3.63, 3.8) is 0 Å². The SMILES string of the molecule is CC(=O)OCC[C@H]([Se]c1ccccc1)[C@H](N=[N+]=[N-])c1ccccc1. The van der Waals surface area contributed by atoms with Crippen LogP contribution < -0.4 is 4.46 Å². The molecule has 0 spiro atoms. The maximum absolute atomic E-state index is 11.1. The van der Waals surface area contributed by atoms with E-state index in [0.717, 1.165) is 5.56 Å². The zero-order valence-electron chi connectivity index (χ0n) is 13.4. The van der Waals surface area contributed by atoms with Crippen molar-refractivity contribution in [3.05, 3.63) is 76.7 Å². The van der Waals surface area contributed by atoms with E-state index in [1.54, 1.807) is 0 Å². The molecule has 0 aromatic heterocycles. The molecule has 0 aliphatic rings. The van der Waals surface area contributed by atoms with Crippen molar-refractivity contribution < 1.29 is 9.53 Å². The van der Waals surface area contributed by atoms with Crippen LogP contribution in [0.1, 0.15) is 24.9 Å². The van der Waals surface area contributed by atoms with Gasteiger partial charge in [0.05, 0.1) is 0 Å². The Hall–Kier alpha value is -2.26. The second-order valence-corrected chi connectivity index (χ2v) is 7.91. The molecule has 2 atom stereocenters. The summed E-state index contributed by atoms with van der Waals surface area (Å²) in [5.74, 6) is -0.291. The topological polar surface area (TPSA) is 75.1 Å². The molecule has 0 saturated carbocycles. The van der Waals surface area contributed by atoms with E-state index in [0.29, 0.717) is 13.0 Å². The molecule has 2 rings (SSSR count). The molecule has 124 valence electrons. The van der Waals surface area contributed by atoms with Crippen LogP contribution in [0.25, 0.3) is 10.4 Å². The van der Waals surface area contributed by atoms with Crippen LogP contribution in [-0.2, 0) is 9.53 Å². The number of carbonyl (C=O) groups excluding carboxylic acids is 1. The van der Waals surface area contributed by atoms with E-state index < -0.39 is 0 Å². The minimum atomic E-state index is -0.291. The van der Waals surface area contributed by atoms with Gasteiger partial charge in [0.15, 0.2) is 0 Å². The summed E-state index contributed by atoms with van der Waals surface area (Å²) in [6.45, 7) is 1.73. The first-order valence-electron chi connectivity index (χ1n) is 7.65. The molecule has 0 aliphatic carbocycles. The predicted molar refractivity (Wildman–Crippen MR) is 95.2 cm³/mol. The molecular weight excluding hydrogens is 369 g/mol. The van der Waals surface area contributed by atoms with Gasteiger partial charge >= 0.3 is 148 Å². The fourth-order valence-electron chi connectivity index (χ4n) is 2.34. The van der Waals surface area contributed by atoms with Gasteiger partial charge in [-0.15, -0.1) is 0 Å². The Kier molecular flexibility index (Phi) is 7.37. The zero-order valence-corrected chi connectivity index (χ0v) is 15.1. The number of rotatable bonds is 8. The van der Waals surface area contributed by atoms with Crippen LogP contribution in [0.3, 0.4) is 0 Å². The monoisotopic (exact) mass is 389 g/mol. The van der Waals surface area contributed by atoms with Crippen molar-refractivity contribution in [2.24, 2.45) is 5.11 Å². The summed E-state index contributed by atoms with van der Waals surface area (Å²) in [6, 6.07) is 19.6. The molecule has 0 heterocycles. The van der Waals surface area contributed by atoms with Gasteiger partial charge in [-0.1, -0.05) is 0 Å². The van der Waals surface area contributed by atoms with Gasteiger partial charge in [0.25, 0.3) is 0 Å². The van der Waals surface area contributed by atoms with Crippen molar-refractivity contribution >= 4 is 25.4 Å². The van der Waals surface area contributed by atoms with Crippen LogP contribution in [-0.4, -0.2) is 27.5 Å². The first-order chi connectivity index (χ1) is 11.7. The van der Waals surface area contributed by atoms with E-state index >= 15 is 0 Å². The van der Waals surface area contributed by atoms with Gasteiger partial charge in [0, 0.05) is 0 Å². The van der Waals surface area contributed by atoms with E-state index in [1.165, 1.54) is 11.4 Å². The molecular formula is C18H19N3O2Se. The van der Waals surface area contributed by atoms with Crippen molar-refractivity contribution in [1.29, 1.82) is 0 Å². The van der Waals surface area contributed by atoms with Crippen molar-refractivity contribution in [3.8, 4) is 0 Å². The first kappa shape index (κ1) is 18.1. The first-order valence-corrected chi connectivity index (χ1v) is 9.49. The van der Waals surface area contributed by atoms with Crippen LogP contribution in [0.4, 0.5) is 0 Å². The van der Waals surface area contributed by atoms with Gasteiger partial charge in [-0.3, -0.25) is 0 Å². The van der Waals surface area contributed by atoms with Crippen LogP contribution in [0.2, 0.25) is 4.82 Å². The van der Waals surface area contributed by atoms with E-state index in [4.69, 9.17) is 10.3 Å². The Morgan fingerprint density at radius 2 is 1.79 bits per heavy atom. The molecule has 0 fully saturated rings. The number of hydrogen-bond acceptors (Lipinski definition) is 3. The van der Waals surface area contributed by atoms with Crippen LogP contribution >= 0.6 is 0 Å². The quantitative estimate of drug-likeness (QED) is 0.227. The molecule has 0 unspecified atom stereocenters. The average molecular weight is 388 g/mol. The Labute approximate surface area is 147 Å². The summed E-state index contributed by atoms with van der Waals surface area (Å²) in [6.07, 6.45) is 0.660. The molecule has 0 saturated heterocycles. The number of hydrogen-bond donors (Lipinski definition) is 0. The summed E-state index contributed by atoms with van der Waals surface area (Å²) in [7, 11) is 0. The van der Waals surface area contributed by atoms with Crippen molar-refractivity contribution in [1.82, 2.24) is 0 Å². The number of ether oxygens (including phenoxy) is 1. The molecule has 2 aromatic rings. The van der Waals surface area contributed by atoms with E-state index in [2.05, 4.69) is 22.2 Å². The van der Waals surface area contributed by atoms with E-state index in [9.17, 15) is 4.79 Å². The van der Waals surface area contributed by atoms with E-state index in [-0.39, 0.29) is 31.8 Å². The van der Waals surface area contributed by atoms with Gasteiger partial charge in [-0.2, -0.15) is 0 Å². The van der Waals surface area contributed by atoms with Gasteiger partial charge in [0.2, 0.25) is 0 Å². The predicted octanol–water partition coefficient (Wildman–Crippen LogP) is 3.81. The van der Waals surface area contributed by atoms with E-state index in [1.807, 2.05) is 48.5 Å². The summed E-state index contributed by atoms with van der Waals surface area (Å²) in [5.41, 5.74) is 9.99. The summed E-state index contributed by atoms with van der Waals surface area (Å²) in [4.78, 5) is 14.2. The van der Waals surface area contributed by atoms with Gasteiger partial charge in [-0.05, 0) is 0 Å². The Bertz CT molecular complexity index is 688. The second kappa shape index (κ2) is 9.78. The number of benzene rings is 2. The maximum atomic E-state index is 11.1. The fraction of sp³-hybridized carbons (Fsp3) is 0.278. The van der Waals surface area contributed by atoms with Crippen molar-refractivity contribution in [2.45, 2.75) is 24.2 Å². The molecule has 0 bridgehead atoms. The Morgan fingerprint density at radius 3 is 2.38 bits per heavy atom. The molecule has 0 radical (unpaired) electrons. The Balaban J connectivity index is 2.23. The average Bonchev–Trinajstić information content (AvgIpc) is 2.60. The third-order valence-corrected chi connectivity index (χ3v) is 6.22. The Morgan fingerprint density at radius 1 is 1.17 bits per heavy atom. The van der Waals surface area contributed by atoms with Crippen LogP contribution in [0.5, 0.6) is 0 Å². The number of carbonyl (C=O) groups is 1. The van der Waals surface area contributed by atoms with Crippen LogP contribution in [0, 0.1) is 0 Å². The van der Waals surface area contributed by atoms with Crippen LogP contribution in [0.15, 0.2) is 65.8 Å². The van der Waals surface area contributed by atoms with Gasteiger partial charge in [0.1, 0.15) is 0 Å². The van der Waals surface area contributed by atoms with Gasteiger partial charge in [-0.25, -0.2) is 0 Å². The fourth-order valence-corrected chi connectivity index (χ4v) is 4.89. The summed E-state index contributed by atoms with van der Waals surface area (Å²) < 4.78 is 6.34. The minimum absolute atomic E-state index is 0.0934. The third-order valence-electron chi connectivity index (χ3n) is 3.41. The van der Waals surface area contributed by atoms with Gasteiger partial charge < -0.3 is 0 Å². The molecule has 2 aromatic carbocycles. The summed E-state index contributed by atoms with van der Waals surface area (Å²) >= 11 is 0.0934. The molecule has 0 amide bonds. The molecule has 0 N–H and O–H groups in total. The molecule has 5 nitrogen and oxygen atoms in total. The number of azide groups is 1. The van der Waals surface area contributed by atoms with Crippen molar-refractivity contribution in [2.75, 3.05) is 6.61 Å². The standard InChI is InChI=1S/C18H19N3O2Se/c1-14(22)23-13-12-17(24-16-10-6-3-7-11-16)18(20-21-19)15-8-4-2-5-9-15/h2-11,17-18H,12-13H2,1H3/t17-,18+/m0/s1. The molecule has 6 heteroatoms. The number of nitrogens with zero attached hydrogens (tertiary/aromatic N) is 3. The second-order valence-electron chi connectivity index (χ2n) is 5.16.